The lowest BCUT2D eigenvalue weighted by Gasteiger charge is -2.14. The smallest absolute Gasteiger partial charge is 0.360 e. The van der Waals surface area contributed by atoms with Crippen LogP contribution in [0, 0.1) is 6.92 Å². The number of ether oxygens (including phenoxy) is 1. The fourth-order valence-corrected chi connectivity index (χ4v) is 2.94. The van der Waals surface area contributed by atoms with Crippen molar-refractivity contribution in [1.82, 2.24) is 9.47 Å². The number of hydrogen-bond donors (Lipinski definition) is 0. The van der Waals surface area contributed by atoms with E-state index in [-0.39, 0.29) is 5.91 Å². The van der Waals surface area contributed by atoms with Gasteiger partial charge in [-0.05, 0) is 48.7 Å². The fourth-order valence-electron chi connectivity index (χ4n) is 2.94. The molecule has 1 amide bonds. The molecule has 0 aliphatic heterocycles. The van der Waals surface area contributed by atoms with Crippen molar-refractivity contribution in [3.05, 3.63) is 89.2 Å². The summed E-state index contributed by atoms with van der Waals surface area (Å²) in [5.41, 5.74) is 2.98. The van der Waals surface area contributed by atoms with E-state index in [4.69, 9.17) is 4.74 Å². The topological polar surface area (TPSA) is 51.5 Å². The third-order valence-electron chi connectivity index (χ3n) is 4.57. The van der Waals surface area contributed by atoms with Gasteiger partial charge in [-0.25, -0.2) is 4.79 Å². The fraction of sp³-hybridized carbons (Fsp3) is 0.217. The molecule has 144 valence electrons. The molecule has 0 radical (unpaired) electrons. The van der Waals surface area contributed by atoms with E-state index in [2.05, 4.69) is 12.1 Å². The van der Waals surface area contributed by atoms with Crippen molar-refractivity contribution >= 4 is 11.9 Å². The number of benzene rings is 2. The van der Waals surface area contributed by atoms with Gasteiger partial charge in [-0.15, -0.1) is 0 Å². The van der Waals surface area contributed by atoms with Gasteiger partial charge in [0.1, 0.15) is 11.4 Å². The maximum Gasteiger partial charge on any atom is 0.360 e. The normalized spacial score (nSPS) is 10.5. The maximum atomic E-state index is 12.7. The van der Waals surface area contributed by atoms with E-state index >= 15 is 0 Å². The highest BCUT2D eigenvalue weighted by Gasteiger charge is 2.17. The van der Waals surface area contributed by atoms with E-state index in [1.165, 1.54) is 10.5 Å². The largest absolute Gasteiger partial charge is 0.422 e. The molecule has 0 atom stereocenters. The van der Waals surface area contributed by atoms with Crippen LogP contribution in [0.3, 0.4) is 0 Å². The van der Waals surface area contributed by atoms with Gasteiger partial charge in [0.25, 0.3) is 5.91 Å². The summed E-state index contributed by atoms with van der Waals surface area (Å²) in [6.45, 7) is 2.53. The van der Waals surface area contributed by atoms with Crippen LogP contribution in [0.4, 0.5) is 0 Å². The van der Waals surface area contributed by atoms with Crippen LogP contribution in [-0.4, -0.2) is 35.4 Å². The monoisotopic (exact) mass is 376 g/mol. The number of hydrogen-bond acceptors (Lipinski definition) is 3. The zero-order chi connectivity index (χ0) is 20.1. The first kappa shape index (κ1) is 19.4. The molecule has 0 fully saturated rings. The third-order valence-corrected chi connectivity index (χ3v) is 4.57. The lowest BCUT2D eigenvalue weighted by atomic mass is 10.1. The van der Waals surface area contributed by atoms with Crippen molar-refractivity contribution in [2.24, 2.45) is 0 Å². The van der Waals surface area contributed by atoms with Crippen molar-refractivity contribution in [3.63, 3.8) is 0 Å². The molecule has 0 N–H and O–H groups in total. The van der Waals surface area contributed by atoms with E-state index in [0.717, 1.165) is 12.0 Å². The minimum atomic E-state index is -0.435. The van der Waals surface area contributed by atoms with Gasteiger partial charge < -0.3 is 14.2 Å². The molecular formula is C23H24N2O3. The van der Waals surface area contributed by atoms with Crippen LogP contribution in [0.1, 0.15) is 32.0 Å². The zero-order valence-electron chi connectivity index (χ0n) is 16.4. The molecule has 3 rings (SSSR count). The van der Waals surface area contributed by atoms with Crippen molar-refractivity contribution < 1.29 is 14.3 Å². The molecule has 0 bridgehead atoms. The molecule has 5 heteroatoms. The molecule has 0 unspecified atom stereocenters. The lowest BCUT2D eigenvalue weighted by molar-refractivity contribution is 0.0719. The Morgan fingerprint density at radius 3 is 2.46 bits per heavy atom. The summed E-state index contributed by atoms with van der Waals surface area (Å²) in [7, 11) is 3.38. The molecule has 0 aliphatic carbocycles. The van der Waals surface area contributed by atoms with Crippen molar-refractivity contribution in [3.8, 4) is 5.75 Å². The van der Waals surface area contributed by atoms with Crippen molar-refractivity contribution in [2.45, 2.75) is 19.9 Å². The maximum absolute atomic E-state index is 12.7. The van der Waals surface area contributed by atoms with E-state index in [9.17, 15) is 9.59 Å². The Morgan fingerprint density at radius 1 is 1.00 bits per heavy atom. The van der Waals surface area contributed by atoms with Gasteiger partial charge in [0.15, 0.2) is 0 Å². The Kier molecular flexibility index (Phi) is 5.94. The highest BCUT2D eigenvalue weighted by Crippen LogP contribution is 2.22. The first-order valence-electron chi connectivity index (χ1n) is 9.19. The molecule has 1 aromatic heterocycles. The van der Waals surface area contributed by atoms with Crippen molar-refractivity contribution in [1.29, 1.82) is 0 Å². The summed E-state index contributed by atoms with van der Waals surface area (Å²) in [4.78, 5) is 26.4. The number of amides is 1. The van der Waals surface area contributed by atoms with Gasteiger partial charge >= 0.3 is 5.97 Å². The Balaban J connectivity index is 1.74. The predicted octanol–water partition coefficient (Wildman–Crippen LogP) is 3.96. The number of esters is 1. The second-order valence-electron chi connectivity index (χ2n) is 6.89. The first-order chi connectivity index (χ1) is 13.5. The molecular weight excluding hydrogens is 352 g/mol. The second kappa shape index (κ2) is 8.57. The van der Waals surface area contributed by atoms with E-state index in [1.807, 2.05) is 42.0 Å². The first-order valence-corrected chi connectivity index (χ1v) is 9.19. The second-order valence-corrected chi connectivity index (χ2v) is 6.89. The number of aromatic nitrogens is 1. The van der Waals surface area contributed by atoms with E-state index < -0.39 is 5.97 Å². The van der Waals surface area contributed by atoms with Gasteiger partial charge in [0, 0.05) is 32.4 Å². The van der Waals surface area contributed by atoms with Crippen LogP contribution >= 0.6 is 0 Å². The molecule has 3 aromatic rings. The number of aryl methyl sites for hydroxylation is 3. The average Bonchev–Trinajstić information content (AvgIpc) is 3.17. The third kappa shape index (κ3) is 4.49. The van der Waals surface area contributed by atoms with Crippen LogP contribution in [0.15, 0.2) is 66.9 Å². The van der Waals surface area contributed by atoms with Crippen LogP contribution in [0.2, 0.25) is 0 Å². The summed E-state index contributed by atoms with van der Waals surface area (Å²) >= 11 is 0. The predicted molar refractivity (Wildman–Crippen MR) is 109 cm³/mol. The van der Waals surface area contributed by atoms with E-state index in [0.29, 0.717) is 23.6 Å². The summed E-state index contributed by atoms with van der Waals surface area (Å²) in [5, 5.41) is 0. The zero-order valence-corrected chi connectivity index (χ0v) is 16.4. The highest BCUT2D eigenvalue weighted by molar-refractivity contribution is 5.95. The van der Waals surface area contributed by atoms with Gasteiger partial charge in [-0.3, -0.25) is 4.79 Å². The molecule has 1 heterocycles. The summed E-state index contributed by atoms with van der Waals surface area (Å²) < 4.78 is 7.51. The molecule has 0 spiro atoms. The van der Waals surface area contributed by atoms with Crippen LogP contribution in [-0.2, 0) is 13.0 Å². The van der Waals surface area contributed by atoms with Gasteiger partial charge in [0.05, 0.1) is 0 Å². The number of nitrogens with zero attached hydrogens (tertiary/aromatic N) is 2. The Bertz CT molecular complexity index is 975. The lowest BCUT2D eigenvalue weighted by Crippen LogP contribution is -2.22. The number of rotatable bonds is 6. The van der Waals surface area contributed by atoms with Crippen LogP contribution in [0.25, 0.3) is 0 Å². The Morgan fingerprint density at radius 2 is 1.75 bits per heavy atom. The summed E-state index contributed by atoms with van der Waals surface area (Å²) in [6.07, 6.45) is 2.69. The van der Waals surface area contributed by atoms with Gasteiger partial charge in [-0.2, -0.15) is 0 Å². The molecule has 28 heavy (non-hydrogen) atoms. The molecule has 0 saturated heterocycles. The standard InChI is InChI=1S/C23H24N2O3/c1-17-11-12-19(22(26)24(2)3)16-21(17)28-23(27)20-10-7-14-25(20)15-13-18-8-5-4-6-9-18/h4-12,14,16H,13,15H2,1-3H3. The minimum Gasteiger partial charge on any atom is -0.422 e. The SMILES string of the molecule is Cc1ccc(C(=O)N(C)C)cc1OC(=O)c1cccn1CCc1ccccc1. The van der Waals surface area contributed by atoms with Gasteiger partial charge in [0.2, 0.25) is 0 Å². The number of carbonyl (C=O) groups is 2. The Labute approximate surface area is 165 Å². The molecule has 0 aliphatic rings. The minimum absolute atomic E-state index is 0.136. The molecule has 2 aromatic carbocycles. The summed E-state index contributed by atoms with van der Waals surface area (Å²) in [6, 6.07) is 18.8. The summed E-state index contributed by atoms with van der Waals surface area (Å²) in [5.74, 6) is -0.173. The van der Waals surface area contributed by atoms with E-state index in [1.54, 1.807) is 38.4 Å². The highest BCUT2D eigenvalue weighted by atomic mass is 16.5. The van der Waals surface area contributed by atoms with Gasteiger partial charge in [-0.1, -0.05) is 36.4 Å². The van der Waals surface area contributed by atoms with Crippen LogP contribution < -0.4 is 4.74 Å². The molecule has 0 saturated carbocycles. The van der Waals surface area contributed by atoms with Crippen LogP contribution in [0.5, 0.6) is 5.75 Å². The Hall–Kier alpha value is -3.34. The number of carbonyl (C=O) groups excluding carboxylic acids is 2. The molecule has 5 nitrogen and oxygen atoms in total. The average molecular weight is 376 g/mol. The van der Waals surface area contributed by atoms with Crippen molar-refractivity contribution in [2.75, 3.05) is 14.1 Å². The quantitative estimate of drug-likeness (QED) is 0.483.